The van der Waals surface area contributed by atoms with Crippen molar-refractivity contribution >= 4 is 11.6 Å². The number of nitrogens with zero attached hydrogens (tertiary/aromatic N) is 2. The molecule has 0 heterocycles. The quantitative estimate of drug-likeness (QED) is 0.436. The molecule has 4 aliphatic rings. The van der Waals surface area contributed by atoms with Gasteiger partial charge in [-0.05, 0) is 79.1 Å². The van der Waals surface area contributed by atoms with Crippen LogP contribution in [0.5, 0.6) is 0 Å². The van der Waals surface area contributed by atoms with E-state index in [4.69, 9.17) is 0 Å². The highest BCUT2D eigenvalue weighted by atomic mass is 16.1. The van der Waals surface area contributed by atoms with Crippen LogP contribution in [-0.2, 0) is 9.59 Å². The van der Waals surface area contributed by atoms with E-state index >= 15 is 0 Å². The Morgan fingerprint density at radius 2 is 1.69 bits per heavy atom. The Balaban J connectivity index is 1.71. The first-order valence-corrected chi connectivity index (χ1v) is 13.5. The Morgan fingerprint density at radius 3 is 2.29 bits per heavy atom. The fourth-order valence-electron chi connectivity index (χ4n) is 8.64. The van der Waals surface area contributed by atoms with Gasteiger partial charge in [-0.1, -0.05) is 60.1 Å². The first-order valence-electron chi connectivity index (χ1n) is 13.5. The molecule has 4 rings (SSSR count). The van der Waals surface area contributed by atoms with E-state index in [1.165, 1.54) is 0 Å². The lowest BCUT2D eigenvalue weighted by Crippen LogP contribution is -2.55. The minimum absolute atomic E-state index is 0.0609. The number of rotatable bonds is 3. The van der Waals surface area contributed by atoms with Crippen LogP contribution in [-0.4, -0.2) is 11.6 Å². The molecule has 4 heteroatoms. The van der Waals surface area contributed by atoms with Crippen LogP contribution in [0.25, 0.3) is 0 Å². The predicted molar refractivity (Wildman–Crippen MR) is 137 cm³/mol. The summed E-state index contributed by atoms with van der Waals surface area (Å²) in [5.41, 5.74) is 0.345. The normalized spacial score (nSPS) is 44.8. The van der Waals surface area contributed by atoms with Gasteiger partial charge >= 0.3 is 0 Å². The first-order chi connectivity index (χ1) is 16.2. The summed E-state index contributed by atoms with van der Waals surface area (Å²) in [6, 6.07) is 4.89. The molecular weight excluding hydrogens is 432 g/mol. The highest BCUT2D eigenvalue weighted by Crippen LogP contribution is 2.68. The van der Waals surface area contributed by atoms with E-state index in [1.807, 2.05) is 19.1 Å². The molecule has 2 fully saturated rings. The lowest BCUT2D eigenvalue weighted by Gasteiger charge is -2.61. The van der Waals surface area contributed by atoms with Crippen LogP contribution in [0.15, 0.2) is 23.3 Å². The van der Waals surface area contributed by atoms with Gasteiger partial charge in [-0.15, -0.1) is 0 Å². The zero-order valence-corrected chi connectivity index (χ0v) is 22.8. The summed E-state index contributed by atoms with van der Waals surface area (Å²) in [6.45, 7) is 15.5. The molecule has 2 saturated carbocycles. The third-order valence-corrected chi connectivity index (χ3v) is 11.3. The summed E-state index contributed by atoms with van der Waals surface area (Å²) in [4.78, 5) is 26.0. The van der Waals surface area contributed by atoms with Gasteiger partial charge < -0.3 is 0 Å². The molecule has 0 amide bonds. The second-order valence-corrected chi connectivity index (χ2v) is 13.9. The van der Waals surface area contributed by atoms with Crippen LogP contribution >= 0.6 is 0 Å². The molecule has 4 nitrogen and oxygen atoms in total. The van der Waals surface area contributed by atoms with E-state index in [-0.39, 0.29) is 50.6 Å². The van der Waals surface area contributed by atoms with Gasteiger partial charge in [0, 0.05) is 17.8 Å². The Hall–Kier alpha value is -2.20. The fourth-order valence-corrected chi connectivity index (χ4v) is 8.64. The number of ketones is 2. The van der Waals surface area contributed by atoms with Gasteiger partial charge in [-0.2, -0.15) is 10.5 Å². The van der Waals surface area contributed by atoms with E-state index in [9.17, 15) is 20.1 Å². The number of hydrogen-bond donors (Lipinski definition) is 0. The molecule has 0 radical (unpaired) electrons. The van der Waals surface area contributed by atoms with Crippen LogP contribution in [0, 0.1) is 67.5 Å². The number of nitriles is 2. The molecule has 0 bridgehead atoms. The van der Waals surface area contributed by atoms with Crippen molar-refractivity contribution in [3.05, 3.63) is 23.3 Å². The third kappa shape index (κ3) is 3.75. The molecule has 188 valence electrons. The van der Waals surface area contributed by atoms with Crippen molar-refractivity contribution in [2.24, 2.45) is 44.8 Å². The minimum Gasteiger partial charge on any atom is -0.295 e. The Bertz CT molecular complexity index is 1100. The molecule has 0 aromatic rings. The topological polar surface area (TPSA) is 81.7 Å². The van der Waals surface area contributed by atoms with Crippen molar-refractivity contribution in [2.75, 3.05) is 0 Å². The molecule has 0 aromatic heterocycles. The molecule has 4 aliphatic carbocycles. The van der Waals surface area contributed by atoms with Crippen molar-refractivity contribution in [3.8, 4) is 12.1 Å². The van der Waals surface area contributed by atoms with Crippen molar-refractivity contribution < 1.29 is 9.59 Å². The Labute approximate surface area is 211 Å². The summed E-state index contributed by atoms with van der Waals surface area (Å²) in [5, 5.41) is 20.0. The van der Waals surface area contributed by atoms with Crippen LogP contribution in [0.4, 0.5) is 0 Å². The van der Waals surface area contributed by atoms with Crippen LogP contribution in [0.1, 0.15) is 99.8 Å². The highest BCUT2D eigenvalue weighted by molar-refractivity contribution is 6.02. The van der Waals surface area contributed by atoms with Gasteiger partial charge in [0.05, 0.1) is 17.1 Å². The van der Waals surface area contributed by atoms with Crippen LogP contribution in [0.3, 0.4) is 0 Å². The Kier molecular flexibility index (Phi) is 6.03. The standard InChI is InChI=1S/C31H42N2O2/c1-20-15-27(3,4)10-12-31(20,19-33)13-11-28(5)17-23(34)14-25-29(6)16-22(18-32)26(35)21(2)24(29)8-9-30(25,28)7/h14,16,20-21,24H,8-13,15,17H2,1-7H3/t20?,21-,24-,28+,29-,30+,31+/m0/s1. The lowest BCUT2D eigenvalue weighted by atomic mass is 9.41. The van der Waals surface area contributed by atoms with Crippen LogP contribution < -0.4 is 0 Å². The van der Waals surface area contributed by atoms with Crippen molar-refractivity contribution in [3.63, 3.8) is 0 Å². The average Bonchev–Trinajstić information content (AvgIpc) is 2.77. The van der Waals surface area contributed by atoms with E-state index < -0.39 is 5.41 Å². The number of carbonyl (C=O) groups excluding carboxylic acids is 2. The zero-order valence-electron chi connectivity index (χ0n) is 22.8. The molecule has 0 saturated heterocycles. The highest BCUT2D eigenvalue weighted by Gasteiger charge is 2.61. The van der Waals surface area contributed by atoms with Gasteiger partial charge in [0.1, 0.15) is 6.07 Å². The van der Waals surface area contributed by atoms with Gasteiger partial charge in [0.2, 0.25) is 0 Å². The SMILES string of the molecule is CC1CC(C)(C)CC[C@]1(C#N)CC[C@]1(C)CC(=O)C=C2[C@@]3(C)C=C(C#N)C(=O)[C@@H](C)[C@@H]3CC[C@]21C. The number of fused-ring (bicyclic) bond motifs is 3. The summed E-state index contributed by atoms with van der Waals surface area (Å²) in [5.74, 6) is 0.298. The van der Waals surface area contributed by atoms with Gasteiger partial charge in [0.25, 0.3) is 0 Å². The van der Waals surface area contributed by atoms with E-state index in [2.05, 4.69) is 53.7 Å². The lowest BCUT2D eigenvalue weighted by molar-refractivity contribution is -0.126. The second-order valence-electron chi connectivity index (χ2n) is 13.9. The van der Waals surface area contributed by atoms with E-state index in [0.717, 1.165) is 50.5 Å². The van der Waals surface area contributed by atoms with E-state index in [1.54, 1.807) is 0 Å². The smallest absolute Gasteiger partial charge is 0.176 e. The Morgan fingerprint density at radius 1 is 1.00 bits per heavy atom. The monoisotopic (exact) mass is 474 g/mol. The summed E-state index contributed by atoms with van der Waals surface area (Å²) < 4.78 is 0. The molecule has 7 atom stereocenters. The number of hydrogen-bond acceptors (Lipinski definition) is 4. The number of carbonyl (C=O) groups is 2. The van der Waals surface area contributed by atoms with Gasteiger partial charge in [0.15, 0.2) is 11.6 Å². The zero-order chi connectivity index (χ0) is 26.0. The maximum Gasteiger partial charge on any atom is 0.176 e. The number of allylic oxidation sites excluding steroid dienone is 4. The van der Waals surface area contributed by atoms with Crippen molar-refractivity contribution in [2.45, 2.75) is 99.8 Å². The maximum atomic E-state index is 13.2. The van der Waals surface area contributed by atoms with E-state index in [0.29, 0.717) is 12.3 Å². The molecule has 35 heavy (non-hydrogen) atoms. The van der Waals surface area contributed by atoms with Crippen molar-refractivity contribution in [1.82, 2.24) is 0 Å². The fraction of sp³-hybridized carbons (Fsp3) is 0.742. The first kappa shape index (κ1) is 25.9. The largest absolute Gasteiger partial charge is 0.295 e. The van der Waals surface area contributed by atoms with Crippen molar-refractivity contribution in [1.29, 1.82) is 10.5 Å². The molecule has 0 spiro atoms. The molecule has 0 aliphatic heterocycles. The molecular formula is C31H42N2O2. The minimum atomic E-state index is -0.474. The summed E-state index contributed by atoms with van der Waals surface area (Å²) >= 11 is 0. The predicted octanol–water partition coefficient (Wildman–Crippen LogP) is 7.12. The maximum absolute atomic E-state index is 13.2. The molecule has 1 unspecified atom stereocenters. The van der Waals surface area contributed by atoms with Gasteiger partial charge in [-0.3, -0.25) is 9.59 Å². The molecule has 0 aromatic carbocycles. The third-order valence-electron chi connectivity index (χ3n) is 11.3. The number of Topliss-reactive ketones (excluding diaryl/α,β-unsaturated/α-hetero) is 1. The second kappa shape index (κ2) is 8.16. The van der Waals surface area contributed by atoms with Gasteiger partial charge in [-0.25, -0.2) is 0 Å². The summed E-state index contributed by atoms with van der Waals surface area (Å²) in [6.07, 6.45) is 10.8. The summed E-state index contributed by atoms with van der Waals surface area (Å²) in [7, 11) is 0. The average molecular weight is 475 g/mol. The molecule has 0 N–H and O–H groups in total. The van der Waals surface area contributed by atoms with Crippen LogP contribution in [0.2, 0.25) is 0 Å².